The maximum atomic E-state index is 12.8. The highest BCUT2D eigenvalue weighted by atomic mass is 32.2. The van der Waals surface area contributed by atoms with Crippen LogP contribution in [-0.2, 0) is 24.4 Å². The predicted octanol–water partition coefficient (Wildman–Crippen LogP) is 0.291. The Labute approximate surface area is 197 Å². The van der Waals surface area contributed by atoms with Gasteiger partial charge in [-0.05, 0) is 42.8 Å². The van der Waals surface area contributed by atoms with Crippen molar-refractivity contribution in [2.45, 2.75) is 11.8 Å². The molecule has 1 saturated heterocycles. The maximum absolute atomic E-state index is 12.8. The lowest BCUT2D eigenvalue weighted by Crippen LogP contribution is -2.49. The van der Waals surface area contributed by atoms with Gasteiger partial charge in [0.1, 0.15) is 5.75 Å². The van der Waals surface area contributed by atoms with Crippen molar-refractivity contribution in [3.8, 4) is 5.75 Å². The highest BCUT2D eigenvalue weighted by Crippen LogP contribution is 2.25. The molecule has 1 fully saturated rings. The predicted molar refractivity (Wildman–Crippen MR) is 126 cm³/mol. The Morgan fingerprint density at radius 2 is 1.91 bits per heavy atom. The molecule has 1 aliphatic rings. The quantitative estimate of drug-likeness (QED) is 0.396. The summed E-state index contributed by atoms with van der Waals surface area (Å²) in [4.78, 5) is 35.9. The molecule has 3 rings (SSSR count). The molecule has 2 aromatic carbocycles. The fourth-order valence-corrected chi connectivity index (χ4v) is 4.72. The Bertz CT molecular complexity index is 1180. The summed E-state index contributed by atoms with van der Waals surface area (Å²) in [5, 5.41) is 10.6. The molecule has 0 bridgehead atoms. The lowest BCUT2D eigenvalue weighted by Gasteiger charge is -2.26. The molecule has 3 amide bonds. The van der Waals surface area contributed by atoms with E-state index in [2.05, 4.69) is 21.3 Å². The number of hydrogen-bond acceptors (Lipinski definition) is 7. The largest absolute Gasteiger partial charge is 0.495 e. The van der Waals surface area contributed by atoms with Crippen molar-refractivity contribution in [1.82, 2.24) is 14.9 Å². The number of carbonyl (C=O) groups excluding carboxylic acids is 3. The monoisotopic (exact) mass is 489 g/mol. The van der Waals surface area contributed by atoms with Crippen molar-refractivity contribution in [3.63, 3.8) is 0 Å². The van der Waals surface area contributed by atoms with Gasteiger partial charge in [0.2, 0.25) is 27.7 Å². The van der Waals surface area contributed by atoms with E-state index >= 15 is 0 Å². The second-order valence-electron chi connectivity index (χ2n) is 7.60. The van der Waals surface area contributed by atoms with Crippen LogP contribution >= 0.6 is 0 Å². The van der Waals surface area contributed by atoms with Gasteiger partial charge in [0.25, 0.3) is 0 Å². The molecule has 0 saturated carbocycles. The molecule has 0 aliphatic carbocycles. The van der Waals surface area contributed by atoms with Crippen LogP contribution in [0.15, 0.2) is 47.4 Å². The van der Waals surface area contributed by atoms with Gasteiger partial charge in [-0.15, -0.1) is 0 Å². The van der Waals surface area contributed by atoms with Crippen LogP contribution < -0.4 is 26.0 Å². The van der Waals surface area contributed by atoms with Gasteiger partial charge in [-0.2, -0.15) is 4.31 Å². The third kappa shape index (κ3) is 6.45. The maximum Gasteiger partial charge on any atom is 0.243 e. The number of rotatable bonds is 9. The van der Waals surface area contributed by atoms with Crippen molar-refractivity contribution in [3.05, 3.63) is 48.0 Å². The Hall–Kier alpha value is -3.64. The summed E-state index contributed by atoms with van der Waals surface area (Å²) in [6.07, 6.45) is 0. The van der Waals surface area contributed by atoms with Gasteiger partial charge in [0.15, 0.2) is 0 Å². The zero-order chi connectivity index (χ0) is 24.7. The smallest absolute Gasteiger partial charge is 0.243 e. The number of hydrogen-bond donors (Lipinski definition) is 4. The number of piperazine rings is 1. The van der Waals surface area contributed by atoms with Crippen LogP contribution in [0.25, 0.3) is 0 Å². The molecule has 11 nitrogen and oxygen atoms in total. The normalized spacial score (nSPS) is 14.1. The molecule has 0 spiro atoms. The number of carbonyl (C=O) groups is 3. The molecule has 34 heavy (non-hydrogen) atoms. The summed E-state index contributed by atoms with van der Waals surface area (Å²) in [5.74, 6) is -0.721. The van der Waals surface area contributed by atoms with E-state index < -0.39 is 21.8 Å². The second kappa shape index (κ2) is 11.0. The summed E-state index contributed by atoms with van der Waals surface area (Å²) < 4.78 is 31.9. The zero-order valence-electron chi connectivity index (χ0n) is 18.9. The number of benzene rings is 2. The van der Waals surface area contributed by atoms with E-state index in [1.807, 2.05) is 13.0 Å². The first-order valence-corrected chi connectivity index (χ1v) is 11.9. The van der Waals surface area contributed by atoms with Gasteiger partial charge < -0.3 is 26.0 Å². The molecule has 0 radical (unpaired) electrons. The molecule has 4 N–H and O–H groups in total. The summed E-state index contributed by atoms with van der Waals surface area (Å²) in [6.45, 7) is 1.66. The van der Waals surface area contributed by atoms with Crippen LogP contribution in [0.3, 0.4) is 0 Å². The zero-order valence-corrected chi connectivity index (χ0v) is 19.7. The summed E-state index contributed by atoms with van der Waals surface area (Å²) in [5.41, 5.74) is 1.85. The van der Waals surface area contributed by atoms with Crippen molar-refractivity contribution < 1.29 is 27.5 Å². The Kier molecular flexibility index (Phi) is 8.08. The Morgan fingerprint density at radius 3 is 2.65 bits per heavy atom. The number of nitrogens with one attached hydrogen (secondary N) is 4. The minimum atomic E-state index is -3.85. The highest BCUT2D eigenvalue weighted by Gasteiger charge is 2.29. The number of amides is 3. The third-order valence-corrected chi connectivity index (χ3v) is 6.84. The standard InChI is InChI=1S/C22H27N5O6S/c1-15-6-7-19(33-2)18(10-15)26-21(29)13-25-20(28)12-24-16-4-3-5-17(11-16)34(31,32)27-9-8-23-22(30)14-27/h3-7,10-11,24H,8-9,12-14H2,1-2H3,(H,23,30)(H,25,28)(H,26,29). The average molecular weight is 490 g/mol. The first kappa shape index (κ1) is 25.0. The summed E-state index contributed by atoms with van der Waals surface area (Å²) in [7, 11) is -2.35. The molecule has 1 heterocycles. The Morgan fingerprint density at radius 1 is 1.12 bits per heavy atom. The minimum Gasteiger partial charge on any atom is -0.495 e. The fourth-order valence-electron chi connectivity index (χ4n) is 3.27. The molecule has 2 aromatic rings. The number of nitrogens with zero attached hydrogens (tertiary/aromatic N) is 1. The van der Waals surface area contributed by atoms with Crippen LogP contribution in [0, 0.1) is 6.92 Å². The summed E-state index contributed by atoms with van der Waals surface area (Å²) in [6, 6.07) is 11.3. The number of aryl methyl sites for hydroxylation is 1. The lowest BCUT2D eigenvalue weighted by molar-refractivity contribution is -0.123. The molecule has 0 aromatic heterocycles. The molecule has 0 atom stereocenters. The van der Waals surface area contributed by atoms with Crippen LogP contribution in [-0.4, -0.2) is 70.3 Å². The number of methoxy groups -OCH3 is 1. The first-order valence-electron chi connectivity index (χ1n) is 10.5. The fraction of sp³-hybridized carbons (Fsp3) is 0.318. The molecular weight excluding hydrogens is 462 g/mol. The van der Waals surface area contributed by atoms with Crippen molar-refractivity contribution in [2.24, 2.45) is 0 Å². The number of sulfonamides is 1. The van der Waals surface area contributed by atoms with Gasteiger partial charge in [0.05, 0.1) is 37.3 Å². The van der Waals surface area contributed by atoms with Gasteiger partial charge >= 0.3 is 0 Å². The van der Waals surface area contributed by atoms with E-state index in [1.54, 1.807) is 24.3 Å². The molecule has 12 heteroatoms. The minimum absolute atomic E-state index is 0.0130. The van der Waals surface area contributed by atoms with E-state index in [1.165, 1.54) is 19.2 Å². The highest BCUT2D eigenvalue weighted by molar-refractivity contribution is 7.89. The van der Waals surface area contributed by atoms with Crippen molar-refractivity contribution in [2.75, 3.05) is 50.5 Å². The van der Waals surface area contributed by atoms with Gasteiger partial charge in [-0.1, -0.05) is 12.1 Å². The van der Waals surface area contributed by atoms with E-state index in [9.17, 15) is 22.8 Å². The lowest BCUT2D eigenvalue weighted by atomic mass is 10.2. The second-order valence-corrected chi connectivity index (χ2v) is 9.54. The van der Waals surface area contributed by atoms with Crippen LogP contribution in [0.1, 0.15) is 5.56 Å². The molecular formula is C22H27N5O6S. The molecule has 182 valence electrons. The van der Waals surface area contributed by atoms with Crippen LogP contribution in [0.5, 0.6) is 5.75 Å². The first-order chi connectivity index (χ1) is 16.2. The van der Waals surface area contributed by atoms with Gasteiger partial charge in [-0.3, -0.25) is 14.4 Å². The molecule has 1 aliphatic heterocycles. The average Bonchev–Trinajstić information content (AvgIpc) is 2.82. The topological polar surface area (TPSA) is 146 Å². The van der Waals surface area contributed by atoms with Crippen LogP contribution in [0.4, 0.5) is 11.4 Å². The third-order valence-electron chi connectivity index (χ3n) is 5.00. The molecule has 0 unspecified atom stereocenters. The van der Waals surface area contributed by atoms with Crippen molar-refractivity contribution in [1.29, 1.82) is 0 Å². The number of ether oxygens (including phenoxy) is 1. The van der Waals surface area contributed by atoms with E-state index in [4.69, 9.17) is 4.74 Å². The van der Waals surface area contributed by atoms with Gasteiger partial charge in [-0.25, -0.2) is 8.42 Å². The Balaban J connectivity index is 1.52. The van der Waals surface area contributed by atoms with E-state index in [-0.39, 0.29) is 43.5 Å². The van der Waals surface area contributed by atoms with Crippen molar-refractivity contribution >= 4 is 39.1 Å². The number of anilines is 2. The summed E-state index contributed by atoms with van der Waals surface area (Å²) >= 11 is 0. The van der Waals surface area contributed by atoms with E-state index in [0.717, 1.165) is 9.87 Å². The van der Waals surface area contributed by atoms with E-state index in [0.29, 0.717) is 17.1 Å². The van der Waals surface area contributed by atoms with Gasteiger partial charge in [0, 0.05) is 18.8 Å². The SMILES string of the molecule is COc1ccc(C)cc1NC(=O)CNC(=O)CNc1cccc(S(=O)(=O)N2CCNC(=O)C2)c1. The van der Waals surface area contributed by atoms with Crippen LogP contribution in [0.2, 0.25) is 0 Å².